The van der Waals surface area contributed by atoms with Crippen molar-refractivity contribution in [3.63, 3.8) is 0 Å². The molecule has 232 valence electrons. The fraction of sp³-hybridized carbons (Fsp3) is 0.875. The van der Waals surface area contributed by atoms with Gasteiger partial charge in [0, 0.05) is 0 Å². The minimum absolute atomic E-state index is 0.218. The first-order chi connectivity index (χ1) is 19.1. The van der Waals surface area contributed by atoms with E-state index in [1.807, 2.05) is 0 Å². The Bertz CT molecular complexity index is 708. The molecule has 1 rings (SSSR count). The van der Waals surface area contributed by atoms with Gasteiger partial charge in [-0.1, -0.05) is 129 Å². The predicted molar refractivity (Wildman–Crippen MR) is 155 cm³/mol. The zero-order valence-corrected chi connectivity index (χ0v) is 24.9. The van der Waals surface area contributed by atoms with Crippen molar-refractivity contribution < 1.29 is 39.6 Å². The Morgan fingerprint density at radius 3 is 1.27 bits per heavy atom. The quantitative estimate of drug-likeness (QED) is 0.0519. The van der Waals surface area contributed by atoms with Crippen LogP contribution in [0.5, 0.6) is 0 Å². The van der Waals surface area contributed by atoms with E-state index in [0.29, 0.717) is 12.8 Å². The molecule has 0 saturated heterocycles. The number of hydrogen-bond acceptors (Lipinski definition) is 4. The highest BCUT2D eigenvalue weighted by atomic mass is 16.4. The summed E-state index contributed by atoms with van der Waals surface area (Å²) >= 11 is 0. The number of unbranched alkanes of at least 4 members (excludes halogenated alkanes) is 12. The highest BCUT2D eigenvalue weighted by molar-refractivity contribution is 5.93. The summed E-state index contributed by atoms with van der Waals surface area (Å²) in [6.07, 6.45) is 23.4. The van der Waals surface area contributed by atoms with E-state index in [4.69, 9.17) is 20.4 Å². The molecule has 40 heavy (non-hydrogen) atoms. The van der Waals surface area contributed by atoms with Crippen LogP contribution in [0.3, 0.4) is 0 Å². The number of rotatable bonds is 24. The average Bonchev–Trinajstić information content (AvgIpc) is 3.05. The zero-order chi connectivity index (χ0) is 29.8. The normalized spacial score (nSPS) is 19.5. The number of carboxylic acids is 4. The molecule has 0 aromatic rings. The lowest BCUT2D eigenvalue weighted by molar-refractivity contribution is -0.156. The first kappa shape index (κ1) is 35.9. The lowest BCUT2D eigenvalue weighted by Gasteiger charge is -2.26. The van der Waals surface area contributed by atoms with E-state index in [-0.39, 0.29) is 12.8 Å². The van der Waals surface area contributed by atoms with E-state index < -0.39 is 35.7 Å². The van der Waals surface area contributed by atoms with Crippen molar-refractivity contribution in [2.24, 2.45) is 29.6 Å². The molecule has 1 fully saturated rings. The van der Waals surface area contributed by atoms with Crippen molar-refractivity contribution in [1.82, 2.24) is 0 Å². The van der Waals surface area contributed by atoms with Crippen molar-refractivity contribution in [3.05, 3.63) is 0 Å². The van der Waals surface area contributed by atoms with E-state index in [9.17, 15) is 19.2 Å². The monoisotopic (exact) mass is 568 g/mol. The maximum absolute atomic E-state index is 10.9. The molecule has 3 unspecified atom stereocenters. The molecule has 0 spiro atoms. The molecule has 0 bridgehead atoms. The van der Waals surface area contributed by atoms with Crippen molar-refractivity contribution >= 4 is 23.9 Å². The summed E-state index contributed by atoms with van der Waals surface area (Å²) in [6, 6.07) is 0. The van der Waals surface area contributed by atoms with Crippen LogP contribution in [0.1, 0.15) is 148 Å². The Kier molecular flexibility index (Phi) is 19.4. The van der Waals surface area contributed by atoms with Crippen molar-refractivity contribution in [3.8, 4) is 0 Å². The fourth-order valence-corrected chi connectivity index (χ4v) is 6.51. The molecule has 0 heterocycles. The zero-order valence-electron chi connectivity index (χ0n) is 24.9. The molecule has 1 aliphatic rings. The third kappa shape index (κ3) is 16.2. The predicted octanol–water partition coefficient (Wildman–Crippen LogP) is 8.02. The van der Waals surface area contributed by atoms with Crippen molar-refractivity contribution in [2.45, 2.75) is 148 Å². The number of carbonyl (C=O) groups is 4. The average molecular weight is 569 g/mol. The van der Waals surface area contributed by atoms with Gasteiger partial charge in [-0.05, 0) is 37.0 Å². The summed E-state index contributed by atoms with van der Waals surface area (Å²) in [7, 11) is 0. The molecule has 8 heteroatoms. The van der Waals surface area contributed by atoms with Gasteiger partial charge in [0.25, 0.3) is 0 Å². The third-order valence-corrected chi connectivity index (χ3v) is 8.97. The maximum atomic E-state index is 10.9. The molecule has 0 aromatic heterocycles. The summed E-state index contributed by atoms with van der Waals surface area (Å²) < 4.78 is 0. The van der Waals surface area contributed by atoms with Crippen LogP contribution in [-0.4, -0.2) is 44.3 Å². The molecular weight excluding hydrogens is 512 g/mol. The molecule has 0 aliphatic heterocycles. The summed E-state index contributed by atoms with van der Waals surface area (Å²) in [6.45, 7) is 2.41. The topological polar surface area (TPSA) is 149 Å². The van der Waals surface area contributed by atoms with Crippen LogP contribution in [0.2, 0.25) is 0 Å². The minimum Gasteiger partial charge on any atom is -0.481 e. The molecule has 0 amide bonds. The Morgan fingerprint density at radius 2 is 0.875 bits per heavy atom. The number of carboxylic acid groups (broad SMARTS) is 4. The summed E-state index contributed by atoms with van der Waals surface area (Å²) in [4.78, 5) is 43.8. The van der Waals surface area contributed by atoms with Gasteiger partial charge in [0.1, 0.15) is 0 Å². The summed E-state index contributed by atoms with van der Waals surface area (Å²) in [5.74, 6) is -5.00. The standard InChI is InChI=1S/C32H56O8/c1-24-17-16-20-25(18-12-8-4-2-6-10-14-21-27(29(33)34)30(35)36)26(23-24)19-13-9-5-3-7-11-15-22-28(31(37)38)32(39)40/h24-28H,2-23H2,1H3,(H,33,34)(H,35,36)(H,37,38)(H,39,40). The maximum Gasteiger partial charge on any atom is 0.317 e. The van der Waals surface area contributed by atoms with Gasteiger partial charge in [-0.2, -0.15) is 0 Å². The van der Waals surface area contributed by atoms with Crippen LogP contribution >= 0.6 is 0 Å². The molecule has 0 aromatic carbocycles. The fourth-order valence-electron chi connectivity index (χ4n) is 6.51. The van der Waals surface area contributed by atoms with Crippen molar-refractivity contribution in [2.75, 3.05) is 0 Å². The second kappa shape index (κ2) is 21.6. The highest BCUT2D eigenvalue weighted by Crippen LogP contribution is 2.38. The molecule has 1 aliphatic carbocycles. The van der Waals surface area contributed by atoms with Crippen LogP contribution in [0.25, 0.3) is 0 Å². The van der Waals surface area contributed by atoms with Gasteiger partial charge in [0.2, 0.25) is 0 Å². The smallest absolute Gasteiger partial charge is 0.317 e. The van der Waals surface area contributed by atoms with Crippen LogP contribution in [0.4, 0.5) is 0 Å². The van der Waals surface area contributed by atoms with Gasteiger partial charge in [0.15, 0.2) is 11.8 Å². The van der Waals surface area contributed by atoms with Gasteiger partial charge in [-0.3, -0.25) is 19.2 Å². The lowest BCUT2D eigenvalue weighted by atomic mass is 9.79. The third-order valence-electron chi connectivity index (χ3n) is 8.97. The van der Waals surface area contributed by atoms with Gasteiger partial charge in [0.05, 0.1) is 0 Å². The number of aliphatic carboxylic acids is 4. The molecule has 1 saturated carbocycles. The van der Waals surface area contributed by atoms with Gasteiger partial charge >= 0.3 is 23.9 Å². The largest absolute Gasteiger partial charge is 0.481 e. The second-order valence-electron chi connectivity index (χ2n) is 12.4. The van der Waals surface area contributed by atoms with Crippen LogP contribution in [0, 0.1) is 29.6 Å². The molecule has 8 nitrogen and oxygen atoms in total. The lowest BCUT2D eigenvalue weighted by Crippen LogP contribution is -2.23. The summed E-state index contributed by atoms with van der Waals surface area (Å²) in [5, 5.41) is 35.8. The van der Waals surface area contributed by atoms with E-state index in [0.717, 1.165) is 56.3 Å². The number of hydrogen-bond donors (Lipinski definition) is 4. The Hall–Kier alpha value is -2.12. The molecule has 3 atom stereocenters. The van der Waals surface area contributed by atoms with Gasteiger partial charge < -0.3 is 20.4 Å². The van der Waals surface area contributed by atoms with Crippen LogP contribution in [0.15, 0.2) is 0 Å². The van der Waals surface area contributed by atoms with Crippen molar-refractivity contribution in [1.29, 1.82) is 0 Å². The summed E-state index contributed by atoms with van der Waals surface area (Å²) in [5.41, 5.74) is 0. The van der Waals surface area contributed by atoms with Gasteiger partial charge in [-0.15, -0.1) is 0 Å². The van der Waals surface area contributed by atoms with E-state index >= 15 is 0 Å². The first-order valence-corrected chi connectivity index (χ1v) is 16.0. The second-order valence-corrected chi connectivity index (χ2v) is 12.4. The first-order valence-electron chi connectivity index (χ1n) is 16.0. The van der Waals surface area contributed by atoms with E-state index in [1.54, 1.807) is 0 Å². The molecule has 4 N–H and O–H groups in total. The van der Waals surface area contributed by atoms with Crippen LogP contribution < -0.4 is 0 Å². The molecule has 0 radical (unpaired) electrons. The van der Waals surface area contributed by atoms with E-state index in [1.165, 1.54) is 77.0 Å². The van der Waals surface area contributed by atoms with Crippen LogP contribution in [-0.2, 0) is 19.2 Å². The highest BCUT2D eigenvalue weighted by Gasteiger charge is 2.27. The van der Waals surface area contributed by atoms with Gasteiger partial charge in [-0.25, -0.2) is 0 Å². The molecular formula is C32H56O8. The SMILES string of the molecule is CC1CCCC(CCCCCCCCCC(C(=O)O)C(=O)O)C(CCCCCCCCCC(C(=O)O)C(=O)O)C1. The Labute approximate surface area is 241 Å². The Balaban J connectivity index is 2.17. The van der Waals surface area contributed by atoms with E-state index in [2.05, 4.69) is 6.92 Å². The minimum atomic E-state index is -1.27. The Morgan fingerprint density at radius 1 is 0.525 bits per heavy atom.